The van der Waals surface area contributed by atoms with Gasteiger partial charge in [0.1, 0.15) is 10.9 Å². The number of rotatable bonds is 4. The monoisotopic (exact) mass is 478 g/mol. The number of alkyl halides is 3. The fourth-order valence-electron chi connectivity index (χ4n) is 3.69. The van der Waals surface area contributed by atoms with Crippen LogP contribution in [0.3, 0.4) is 0 Å². The van der Waals surface area contributed by atoms with Crippen molar-refractivity contribution in [2.75, 3.05) is 17.7 Å². The number of aryl methyl sites for hydroxylation is 1. The van der Waals surface area contributed by atoms with E-state index >= 15 is 0 Å². The number of nitrogens with two attached hydrogens (primary N) is 1. The Kier molecular flexibility index (Phi) is 5.52. The van der Waals surface area contributed by atoms with Gasteiger partial charge in [-0.3, -0.25) is 14.7 Å². The van der Waals surface area contributed by atoms with Crippen LogP contribution in [-0.2, 0) is 17.5 Å². The largest absolute Gasteiger partial charge is 0.496 e. The second-order valence-electron chi connectivity index (χ2n) is 7.41. The van der Waals surface area contributed by atoms with Crippen LogP contribution in [0.25, 0.3) is 11.6 Å². The molecule has 0 radical (unpaired) electrons. The third kappa shape index (κ3) is 3.99. The van der Waals surface area contributed by atoms with Gasteiger partial charge in [0.05, 0.1) is 36.0 Å². The maximum Gasteiger partial charge on any atom is 0.417 e. The molecule has 0 saturated carbocycles. The number of fused-ring (bicyclic) bond motifs is 1. The minimum atomic E-state index is -4.53. The van der Waals surface area contributed by atoms with Gasteiger partial charge in [-0.1, -0.05) is 11.6 Å². The van der Waals surface area contributed by atoms with Crippen LogP contribution in [0.4, 0.5) is 24.9 Å². The first-order valence-corrected chi connectivity index (χ1v) is 10.0. The quantitative estimate of drug-likeness (QED) is 0.430. The van der Waals surface area contributed by atoms with E-state index in [9.17, 15) is 18.0 Å². The van der Waals surface area contributed by atoms with Crippen molar-refractivity contribution in [3.05, 3.63) is 57.3 Å². The molecule has 0 aromatic carbocycles. The molecule has 172 valence electrons. The summed E-state index contributed by atoms with van der Waals surface area (Å²) < 4.78 is 44.4. The molecular formula is C21H18ClF3N6O2. The minimum Gasteiger partial charge on any atom is -0.496 e. The average Bonchev–Trinajstić information content (AvgIpc) is 3.29. The fourth-order valence-corrected chi connectivity index (χ4v) is 3.96. The summed E-state index contributed by atoms with van der Waals surface area (Å²) in [6.07, 6.45) is -0.812. The molecule has 0 atom stereocenters. The number of pyridine rings is 1. The molecule has 3 N–H and O–H groups in total. The van der Waals surface area contributed by atoms with E-state index in [4.69, 9.17) is 22.1 Å². The highest BCUT2D eigenvalue weighted by atomic mass is 35.5. The molecule has 1 aliphatic heterocycles. The molecule has 33 heavy (non-hydrogen) atoms. The zero-order chi connectivity index (χ0) is 24.1. The molecule has 0 bridgehead atoms. The molecule has 8 nitrogen and oxygen atoms in total. The molecule has 0 unspecified atom stereocenters. The molecule has 4 rings (SSSR count). The number of aromatic amines is 1. The first kappa shape index (κ1) is 22.6. The predicted molar refractivity (Wildman–Crippen MR) is 117 cm³/mol. The number of aromatic nitrogens is 4. The Bertz CT molecular complexity index is 1300. The zero-order valence-electron chi connectivity index (χ0n) is 17.7. The lowest BCUT2D eigenvalue weighted by Gasteiger charge is -2.19. The Morgan fingerprint density at radius 2 is 2.03 bits per heavy atom. The molecule has 3 aromatic rings. The number of hydrogen-bond acceptors (Lipinski definition) is 6. The molecule has 0 saturated heterocycles. The van der Waals surface area contributed by atoms with Crippen molar-refractivity contribution in [3.63, 3.8) is 0 Å². The summed E-state index contributed by atoms with van der Waals surface area (Å²) in [4.78, 5) is 29.7. The van der Waals surface area contributed by atoms with E-state index in [1.807, 2.05) is 13.8 Å². The summed E-state index contributed by atoms with van der Waals surface area (Å²) in [7, 11) is 1.54. The van der Waals surface area contributed by atoms with Crippen molar-refractivity contribution < 1.29 is 22.7 Å². The average molecular weight is 479 g/mol. The van der Waals surface area contributed by atoms with Crippen LogP contribution in [0, 0.1) is 13.8 Å². The number of methoxy groups -OCH3 is 1. The lowest BCUT2D eigenvalue weighted by molar-refractivity contribution is -0.137. The Morgan fingerprint density at radius 1 is 1.30 bits per heavy atom. The van der Waals surface area contributed by atoms with E-state index in [0.29, 0.717) is 11.4 Å². The van der Waals surface area contributed by atoms with Crippen molar-refractivity contribution in [1.29, 1.82) is 0 Å². The SMILES string of the molecule is COc1c(C)cnc(CN2C(=O)/C(=C\c3cc(C(F)(F)F)c[nH]3)c3c(Cl)nc(N)nc32)c1C. The molecule has 1 aliphatic rings. The molecule has 0 aliphatic carbocycles. The van der Waals surface area contributed by atoms with Gasteiger partial charge in [0.15, 0.2) is 5.82 Å². The minimum absolute atomic E-state index is 0.0109. The molecule has 0 fully saturated rings. The third-order valence-corrected chi connectivity index (χ3v) is 5.53. The van der Waals surface area contributed by atoms with Gasteiger partial charge in [-0.15, -0.1) is 0 Å². The Hall–Kier alpha value is -3.60. The fraction of sp³-hybridized carbons (Fsp3) is 0.238. The van der Waals surface area contributed by atoms with Crippen LogP contribution in [0.1, 0.15) is 33.6 Å². The second-order valence-corrected chi connectivity index (χ2v) is 7.77. The number of carbonyl (C=O) groups excluding carboxylic acids is 1. The van der Waals surface area contributed by atoms with Crippen molar-refractivity contribution in [3.8, 4) is 5.75 Å². The maximum absolute atomic E-state index is 13.4. The number of ether oxygens (including phenoxy) is 1. The first-order chi connectivity index (χ1) is 15.5. The number of carbonyl (C=O) groups is 1. The van der Waals surface area contributed by atoms with Crippen LogP contribution in [0.2, 0.25) is 5.15 Å². The van der Waals surface area contributed by atoms with Crippen LogP contribution >= 0.6 is 11.6 Å². The Labute approximate surface area is 191 Å². The van der Waals surface area contributed by atoms with Gasteiger partial charge in [0, 0.05) is 29.2 Å². The molecule has 3 aromatic heterocycles. The molecule has 0 spiro atoms. The van der Waals surface area contributed by atoms with Gasteiger partial charge in [-0.25, -0.2) is 4.98 Å². The summed E-state index contributed by atoms with van der Waals surface area (Å²) in [6.45, 7) is 3.67. The highest BCUT2D eigenvalue weighted by Crippen LogP contribution is 2.42. The third-order valence-electron chi connectivity index (χ3n) is 5.25. The predicted octanol–water partition coefficient (Wildman–Crippen LogP) is 4.17. The second kappa shape index (κ2) is 8.07. The van der Waals surface area contributed by atoms with Gasteiger partial charge in [0.25, 0.3) is 5.91 Å². The van der Waals surface area contributed by atoms with Gasteiger partial charge >= 0.3 is 6.18 Å². The topological polar surface area (TPSA) is 110 Å². The van der Waals surface area contributed by atoms with E-state index < -0.39 is 17.6 Å². The normalized spacial score (nSPS) is 14.8. The molecule has 12 heteroatoms. The van der Waals surface area contributed by atoms with Crippen molar-refractivity contribution in [1.82, 2.24) is 19.9 Å². The maximum atomic E-state index is 13.4. The smallest absolute Gasteiger partial charge is 0.417 e. The van der Waals surface area contributed by atoms with E-state index in [0.717, 1.165) is 23.4 Å². The highest BCUT2D eigenvalue weighted by molar-refractivity contribution is 6.41. The summed E-state index contributed by atoms with van der Waals surface area (Å²) in [5.41, 5.74) is 7.26. The molecular weight excluding hydrogens is 461 g/mol. The van der Waals surface area contributed by atoms with Gasteiger partial charge < -0.3 is 15.5 Å². The van der Waals surface area contributed by atoms with Crippen molar-refractivity contribution >= 4 is 40.9 Å². The first-order valence-electron chi connectivity index (χ1n) is 9.63. The summed E-state index contributed by atoms with van der Waals surface area (Å²) >= 11 is 6.27. The van der Waals surface area contributed by atoms with Crippen LogP contribution in [0.5, 0.6) is 5.75 Å². The number of nitrogens with zero attached hydrogens (tertiary/aromatic N) is 4. The zero-order valence-corrected chi connectivity index (χ0v) is 18.5. The van der Waals surface area contributed by atoms with Gasteiger partial charge in [-0.2, -0.15) is 18.2 Å². The highest BCUT2D eigenvalue weighted by Gasteiger charge is 2.38. The van der Waals surface area contributed by atoms with Crippen molar-refractivity contribution in [2.24, 2.45) is 0 Å². The molecule has 4 heterocycles. The van der Waals surface area contributed by atoms with E-state index in [1.54, 1.807) is 6.20 Å². The number of nitrogen functional groups attached to an aromatic ring is 1. The number of nitrogens with one attached hydrogen (secondary N) is 1. The van der Waals surface area contributed by atoms with Gasteiger partial charge in [0.2, 0.25) is 5.95 Å². The number of halogens is 4. The number of hydrogen-bond donors (Lipinski definition) is 2. The summed E-state index contributed by atoms with van der Waals surface area (Å²) in [5, 5.41) is -0.0895. The molecule has 1 amide bonds. The lowest BCUT2D eigenvalue weighted by Crippen LogP contribution is -2.27. The van der Waals surface area contributed by atoms with Gasteiger partial charge in [-0.05, 0) is 26.0 Å². The van der Waals surface area contributed by atoms with Crippen molar-refractivity contribution in [2.45, 2.75) is 26.6 Å². The Morgan fingerprint density at radius 3 is 2.67 bits per heavy atom. The summed E-state index contributed by atoms with van der Waals surface area (Å²) in [6, 6.07) is 0.894. The lowest BCUT2D eigenvalue weighted by atomic mass is 10.1. The van der Waals surface area contributed by atoms with Crippen LogP contribution < -0.4 is 15.4 Å². The van der Waals surface area contributed by atoms with E-state index in [-0.39, 0.29) is 40.3 Å². The van der Waals surface area contributed by atoms with E-state index in [1.165, 1.54) is 18.1 Å². The van der Waals surface area contributed by atoms with E-state index in [2.05, 4.69) is 19.9 Å². The standard InChI is InChI=1S/C21H18ClF3N6O2/c1-9-6-28-14(10(2)16(9)33-3)8-31-18-15(17(22)29-20(26)30-18)13(19(31)32)5-12-4-11(7-27-12)21(23,24)25/h4-7,27H,8H2,1-3H3,(H2,26,29,30)/b13-5-. The summed E-state index contributed by atoms with van der Waals surface area (Å²) in [5.74, 6) is 0.0972. The van der Waals surface area contributed by atoms with Crippen LogP contribution in [0.15, 0.2) is 18.5 Å². The number of H-pyrrole nitrogens is 1. The number of amides is 1. The van der Waals surface area contributed by atoms with Crippen LogP contribution in [-0.4, -0.2) is 33.0 Å². The Balaban J connectivity index is 1.81. The number of anilines is 2.